The van der Waals surface area contributed by atoms with Gasteiger partial charge in [-0.1, -0.05) is 17.7 Å². The van der Waals surface area contributed by atoms with Gasteiger partial charge in [-0.2, -0.15) is 31.3 Å². The van der Waals surface area contributed by atoms with Crippen LogP contribution >= 0.6 is 22.9 Å². The van der Waals surface area contributed by atoms with Crippen molar-refractivity contribution in [2.45, 2.75) is 68.9 Å². The van der Waals surface area contributed by atoms with Crippen molar-refractivity contribution in [2.24, 2.45) is 4.99 Å². The monoisotopic (exact) mass is 653 g/mol. The minimum Gasteiger partial charge on any atom is -0.393 e. The van der Waals surface area contributed by atoms with Crippen molar-refractivity contribution >= 4 is 44.6 Å². The number of aliphatic hydroxyl groups excluding tert-OH is 1. The summed E-state index contributed by atoms with van der Waals surface area (Å²) in [6, 6.07) is 3.40. The van der Waals surface area contributed by atoms with Gasteiger partial charge in [0.25, 0.3) is 10.2 Å². The second-order valence-electron chi connectivity index (χ2n) is 11.2. The van der Waals surface area contributed by atoms with Crippen LogP contribution in [-0.2, 0) is 10.2 Å². The normalized spacial score (nSPS) is 27.7. The Hall–Kier alpha value is -2.82. The summed E-state index contributed by atoms with van der Waals surface area (Å²) in [5, 5.41) is 16.8. The van der Waals surface area contributed by atoms with E-state index in [1.165, 1.54) is 33.8 Å². The molecule has 10 nitrogen and oxygen atoms in total. The van der Waals surface area contributed by atoms with Gasteiger partial charge < -0.3 is 10.0 Å². The van der Waals surface area contributed by atoms with Gasteiger partial charge in [0.05, 0.1) is 11.8 Å². The van der Waals surface area contributed by atoms with Gasteiger partial charge >= 0.3 is 6.55 Å². The summed E-state index contributed by atoms with van der Waals surface area (Å²) in [7, 11) is -3.92. The lowest BCUT2D eigenvalue weighted by atomic mass is 9.92. The number of aromatic nitrogens is 3. The van der Waals surface area contributed by atoms with Crippen LogP contribution in [0.25, 0.3) is 5.57 Å². The average molecular weight is 654 g/mol. The quantitative estimate of drug-likeness (QED) is 0.392. The summed E-state index contributed by atoms with van der Waals surface area (Å²) < 4.78 is 73.6. The third kappa shape index (κ3) is 5.19. The van der Waals surface area contributed by atoms with Crippen LogP contribution in [0.3, 0.4) is 0 Å². The van der Waals surface area contributed by atoms with Gasteiger partial charge in [0.15, 0.2) is 10.8 Å². The number of nitrogens with one attached hydrogen (secondary N) is 1. The van der Waals surface area contributed by atoms with Crippen molar-refractivity contribution in [3.8, 4) is 0 Å². The van der Waals surface area contributed by atoms with E-state index < -0.39 is 40.8 Å². The van der Waals surface area contributed by atoms with E-state index in [-0.39, 0.29) is 35.8 Å². The number of fused-ring (bicyclic) bond motifs is 3. The van der Waals surface area contributed by atoms with Crippen LogP contribution in [0.4, 0.5) is 13.2 Å². The summed E-state index contributed by atoms with van der Waals surface area (Å²) in [6.45, 7) is -2.66. The molecule has 16 heteroatoms. The van der Waals surface area contributed by atoms with Gasteiger partial charge in [0, 0.05) is 70.7 Å². The molecule has 2 bridgehead atoms. The number of alkyl halides is 2. The Morgan fingerprint density at radius 1 is 1.16 bits per heavy atom. The van der Waals surface area contributed by atoms with Crippen molar-refractivity contribution in [3.63, 3.8) is 0 Å². The van der Waals surface area contributed by atoms with E-state index in [0.717, 1.165) is 12.3 Å². The Morgan fingerprint density at radius 2 is 1.93 bits per heavy atom. The molecule has 7 rings (SSSR count). The molecule has 1 aromatic carbocycles. The molecule has 6 heterocycles. The van der Waals surface area contributed by atoms with Crippen LogP contribution in [0.5, 0.6) is 0 Å². The number of aliphatic imine (C=N–C) groups is 1. The first-order chi connectivity index (χ1) is 20.6. The minimum absolute atomic E-state index is 0.102. The van der Waals surface area contributed by atoms with Crippen LogP contribution in [0.2, 0.25) is 5.02 Å². The Labute approximate surface area is 254 Å². The molecule has 2 N–H and O–H groups in total. The number of amidine groups is 1. The van der Waals surface area contributed by atoms with E-state index in [1.807, 2.05) is 4.90 Å². The molecular weight excluding hydrogens is 627 g/mol. The highest BCUT2D eigenvalue weighted by molar-refractivity contribution is 7.87. The first kappa shape index (κ1) is 28.9. The van der Waals surface area contributed by atoms with E-state index in [0.29, 0.717) is 58.0 Å². The number of hydrogen-bond acceptors (Lipinski definition) is 8. The molecule has 3 saturated heterocycles. The first-order valence-electron chi connectivity index (χ1n) is 13.8. The van der Waals surface area contributed by atoms with Crippen LogP contribution in [0.1, 0.15) is 61.0 Å². The number of aliphatic hydroxyl groups is 1. The third-order valence-electron chi connectivity index (χ3n) is 8.46. The molecule has 2 aromatic heterocycles. The van der Waals surface area contributed by atoms with Crippen molar-refractivity contribution in [3.05, 3.63) is 74.8 Å². The molecule has 4 atom stereocenters. The molecule has 0 saturated carbocycles. The van der Waals surface area contributed by atoms with Crippen molar-refractivity contribution in [1.29, 1.82) is 0 Å². The van der Waals surface area contributed by atoms with E-state index in [2.05, 4.69) is 14.8 Å². The highest BCUT2D eigenvalue weighted by Gasteiger charge is 2.48. The van der Waals surface area contributed by atoms with Gasteiger partial charge in [-0.25, -0.2) is 14.1 Å². The average Bonchev–Trinajstić information content (AvgIpc) is 3.74. The van der Waals surface area contributed by atoms with Gasteiger partial charge in [-0.15, -0.1) is 11.3 Å². The molecule has 43 heavy (non-hydrogen) atoms. The standard InChI is InChI=1S/C27H27ClF3N7O3S2/c28-20-9-14(29)1-4-19(20)24-23(21-5-7-37(34-21)27(30)31)22-10-15(13-36(22)25(33-24)26-32-6-8-42-26)35-43(40,41)38-16-2-3-17(38)12-18(39)11-16/h1,4-9,15-18,24,27,35,39H,2-3,10-13H2/t15?,16?,17?,18?,24-/m0/s1. The fourth-order valence-electron chi connectivity index (χ4n) is 6.80. The number of rotatable bonds is 7. The summed E-state index contributed by atoms with van der Waals surface area (Å²) in [6.07, 6.45) is 4.68. The molecule has 0 radical (unpaired) electrons. The van der Waals surface area contributed by atoms with Crippen molar-refractivity contribution < 1.29 is 26.7 Å². The topological polar surface area (TPSA) is 116 Å². The highest BCUT2D eigenvalue weighted by atomic mass is 35.5. The van der Waals surface area contributed by atoms with Crippen LogP contribution in [-0.4, -0.2) is 74.1 Å². The zero-order valence-corrected chi connectivity index (χ0v) is 24.9. The predicted octanol–water partition coefficient (Wildman–Crippen LogP) is 4.34. The van der Waals surface area contributed by atoms with Crippen molar-refractivity contribution in [2.75, 3.05) is 6.54 Å². The lowest BCUT2D eigenvalue weighted by Crippen LogP contribution is -2.54. The lowest BCUT2D eigenvalue weighted by Gasteiger charge is -2.36. The number of nitrogens with zero attached hydrogens (tertiary/aromatic N) is 6. The number of piperidine rings is 1. The Balaban J connectivity index is 1.31. The number of hydrogen-bond donors (Lipinski definition) is 2. The number of benzene rings is 1. The van der Waals surface area contributed by atoms with Crippen LogP contribution < -0.4 is 4.72 Å². The maximum atomic E-state index is 14.1. The van der Waals surface area contributed by atoms with Gasteiger partial charge in [0.2, 0.25) is 0 Å². The van der Waals surface area contributed by atoms with Crippen LogP contribution in [0, 0.1) is 5.82 Å². The largest absolute Gasteiger partial charge is 0.393 e. The summed E-state index contributed by atoms with van der Waals surface area (Å²) in [4.78, 5) is 11.3. The maximum absolute atomic E-state index is 14.1. The zero-order chi connectivity index (χ0) is 30.0. The Morgan fingerprint density at radius 3 is 2.58 bits per heavy atom. The molecule has 228 valence electrons. The fraction of sp³-hybridized carbons (Fsp3) is 0.444. The Kier molecular flexibility index (Phi) is 7.37. The molecular formula is C27H27ClF3N7O3S2. The summed E-state index contributed by atoms with van der Waals surface area (Å²) >= 11 is 7.86. The molecule has 0 amide bonds. The SMILES string of the molecule is O=S(=O)(NC1CC2=C(c3ccn(C(F)F)n3)[C@H](c3ccc(F)cc3Cl)N=C(c3nccs3)N2C1)N1C2CCC1CC(O)C2. The van der Waals surface area contributed by atoms with E-state index in [4.69, 9.17) is 16.6 Å². The van der Waals surface area contributed by atoms with E-state index >= 15 is 0 Å². The van der Waals surface area contributed by atoms with Crippen LogP contribution in [0.15, 0.2) is 52.7 Å². The molecule has 4 aliphatic heterocycles. The molecule has 4 aliphatic rings. The van der Waals surface area contributed by atoms with E-state index in [1.54, 1.807) is 11.6 Å². The summed E-state index contributed by atoms with van der Waals surface area (Å²) in [5.74, 6) is -0.0728. The highest BCUT2D eigenvalue weighted by Crippen LogP contribution is 2.46. The minimum atomic E-state index is -3.92. The fourth-order valence-corrected chi connectivity index (χ4v) is 9.58. The van der Waals surface area contributed by atoms with Gasteiger partial charge in [-0.05, 0) is 43.9 Å². The second kappa shape index (κ2) is 11.0. The predicted molar refractivity (Wildman–Crippen MR) is 154 cm³/mol. The van der Waals surface area contributed by atoms with Gasteiger partial charge in [-0.3, -0.25) is 4.99 Å². The first-order valence-corrected chi connectivity index (χ1v) is 16.5. The molecule has 3 fully saturated rings. The van der Waals surface area contributed by atoms with Crippen molar-refractivity contribution in [1.82, 2.24) is 28.7 Å². The molecule has 3 unspecified atom stereocenters. The molecule has 3 aromatic rings. The Bertz CT molecular complexity index is 1700. The maximum Gasteiger partial charge on any atom is 0.333 e. The van der Waals surface area contributed by atoms with Gasteiger partial charge in [0.1, 0.15) is 11.9 Å². The lowest BCUT2D eigenvalue weighted by molar-refractivity contribution is 0.0564. The number of halogens is 4. The smallest absolute Gasteiger partial charge is 0.333 e. The van der Waals surface area contributed by atoms with E-state index in [9.17, 15) is 26.7 Å². The second-order valence-corrected chi connectivity index (χ2v) is 14.1. The number of thiazole rings is 1. The molecule has 0 aliphatic carbocycles. The summed E-state index contributed by atoms with van der Waals surface area (Å²) in [5.41, 5.74) is 1.77. The molecule has 0 spiro atoms. The zero-order valence-electron chi connectivity index (χ0n) is 22.5. The third-order valence-corrected chi connectivity index (χ3v) is 11.3.